The van der Waals surface area contributed by atoms with Crippen LogP contribution in [0.5, 0.6) is 0 Å². The molecule has 0 unspecified atom stereocenters. The van der Waals surface area contributed by atoms with Crippen LogP contribution in [-0.2, 0) is 11.2 Å². The van der Waals surface area contributed by atoms with Gasteiger partial charge in [0, 0.05) is 30.7 Å². The minimum absolute atomic E-state index is 0.0925. The van der Waals surface area contributed by atoms with Gasteiger partial charge in [0.25, 0.3) is 0 Å². The zero-order valence-corrected chi connectivity index (χ0v) is 14.0. The summed E-state index contributed by atoms with van der Waals surface area (Å²) in [4.78, 5) is 15.1. The molecule has 3 nitrogen and oxygen atoms in total. The summed E-state index contributed by atoms with van der Waals surface area (Å²) in [5, 5.41) is 0.528. The molecule has 0 spiro atoms. The normalized spacial score (nSPS) is 16.9. The van der Waals surface area contributed by atoms with E-state index in [1.54, 1.807) is 23.1 Å². The Hall–Kier alpha value is -0.790. The number of amides is 1. The molecule has 122 valence electrons. The molecule has 0 bridgehead atoms. The lowest BCUT2D eigenvalue weighted by molar-refractivity contribution is -0.151. The predicted octanol–water partition coefficient (Wildman–Crippen LogP) is 3.35. The van der Waals surface area contributed by atoms with E-state index < -0.39 is 12.7 Å². The quantitative estimate of drug-likeness (QED) is 0.778. The molecule has 0 aliphatic carbocycles. The van der Waals surface area contributed by atoms with E-state index in [9.17, 15) is 18.0 Å². The number of hydrogen-bond donors (Lipinski definition) is 0. The first-order valence-electron chi connectivity index (χ1n) is 6.75. The highest BCUT2D eigenvalue weighted by molar-refractivity contribution is 9.10. The van der Waals surface area contributed by atoms with E-state index in [2.05, 4.69) is 15.9 Å². The summed E-state index contributed by atoms with van der Waals surface area (Å²) in [5.41, 5.74) is 0.788. The van der Waals surface area contributed by atoms with E-state index in [1.165, 1.54) is 4.90 Å². The molecule has 0 N–H and O–H groups in total. The van der Waals surface area contributed by atoms with Crippen molar-refractivity contribution in [2.45, 2.75) is 12.6 Å². The van der Waals surface area contributed by atoms with Crippen molar-refractivity contribution in [1.82, 2.24) is 9.80 Å². The molecule has 0 aromatic heterocycles. The molecule has 1 aromatic rings. The van der Waals surface area contributed by atoms with Crippen molar-refractivity contribution in [2.75, 3.05) is 32.7 Å². The van der Waals surface area contributed by atoms with Gasteiger partial charge >= 0.3 is 6.18 Å². The van der Waals surface area contributed by atoms with Crippen molar-refractivity contribution >= 4 is 33.4 Å². The highest BCUT2D eigenvalue weighted by Crippen LogP contribution is 2.24. The largest absolute Gasteiger partial charge is 0.401 e. The number of rotatable bonds is 3. The number of nitrogens with zero attached hydrogens (tertiary/aromatic N) is 2. The third-order valence-electron chi connectivity index (χ3n) is 3.47. The van der Waals surface area contributed by atoms with Crippen LogP contribution in [0.2, 0.25) is 5.02 Å². The molecule has 1 aromatic carbocycles. The third kappa shape index (κ3) is 5.14. The molecule has 1 aliphatic rings. The highest BCUT2D eigenvalue weighted by atomic mass is 79.9. The Morgan fingerprint density at radius 1 is 1.23 bits per heavy atom. The molecule has 2 rings (SSSR count). The zero-order valence-electron chi connectivity index (χ0n) is 11.7. The van der Waals surface area contributed by atoms with Gasteiger partial charge in [0.2, 0.25) is 5.91 Å². The Morgan fingerprint density at radius 3 is 2.41 bits per heavy atom. The van der Waals surface area contributed by atoms with E-state index in [0.717, 1.165) is 10.0 Å². The minimum atomic E-state index is -4.19. The number of carbonyl (C=O) groups excluding carboxylic acids is 1. The molecule has 1 fully saturated rings. The Kier molecular flexibility index (Phi) is 5.74. The summed E-state index contributed by atoms with van der Waals surface area (Å²) in [7, 11) is 0. The van der Waals surface area contributed by atoms with Crippen LogP contribution in [0.25, 0.3) is 0 Å². The van der Waals surface area contributed by atoms with Crippen LogP contribution in [0.4, 0.5) is 13.2 Å². The molecular formula is C14H15BrClF3N2O. The lowest BCUT2D eigenvalue weighted by Gasteiger charge is -2.35. The molecule has 1 heterocycles. The van der Waals surface area contributed by atoms with Crippen LogP contribution in [0.1, 0.15) is 5.56 Å². The third-order valence-corrected chi connectivity index (χ3v) is 4.70. The molecule has 0 saturated carbocycles. The maximum absolute atomic E-state index is 12.3. The SMILES string of the molecule is O=C(Cc1ccc(Br)c(Cl)c1)N1CCN(CC(F)(F)F)CC1. The van der Waals surface area contributed by atoms with Crippen molar-refractivity contribution in [3.63, 3.8) is 0 Å². The van der Waals surface area contributed by atoms with Crippen LogP contribution >= 0.6 is 27.5 Å². The average Bonchev–Trinajstić information content (AvgIpc) is 2.42. The Labute approximate surface area is 140 Å². The molecule has 1 aliphatic heterocycles. The fraction of sp³-hybridized carbons (Fsp3) is 0.500. The van der Waals surface area contributed by atoms with Crippen molar-refractivity contribution in [1.29, 1.82) is 0 Å². The van der Waals surface area contributed by atoms with Crippen molar-refractivity contribution in [3.05, 3.63) is 33.3 Å². The van der Waals surface area contributed by atoms with Gasteiger partial charge in [0.05, 0.1) is 18.0 Å². The Bertz CT molecular complexity index is 545. The lowest BCUT2D eigenvalue weighted by Crippen LogP contribution is -2.51. The van der Waals surface area contributed by atoms with Crippen molar-refractivity contribution < 1.29 is 18.0 Å². The van der Waals surface area contributed by atoms with Crippen LogP contribution in [-0.4, -0.2) is 54.6 Å². The fourth-order valence-corrected chi connectivity index (χ4v) is 2.79. The van der Waals surface area contributed by atoms with E-state index >= 15 is 0 Å². The first kappa shape index (κ1) is 17.6. The molecule has 1 saturated heterocycles. The second-order valence-corrected chi connectivity index (χ2v) is 6.46. The van der Waals surface area contributed by atoms with Crippen molar-refractivity contribution in [2.24, 2.45) is 0 Å². The number of hydrogen-bond acceptors (Lipinski definition) is 2. The summed E-state index contributed by atoms with van der Waals surface area (Å²) < 4.78 is 37.7. The molecule has 0 atom stereocenters. The second kappa shape index (κ2) is 7.19. The summed E-state index contributed by atoms with van der Waals surface area (Å²) in [6.07, 6.45) is -3.99. The summed E-state index contributed by atoms with van der Waals surface area (Å²) in [5.74, 6) is -0.0925. The fourth-order valence-electron chi connectivity index (χ4n) is 2.34. The number of carbonyl (C=O) groups is 1. The molecule has 1 amide bonds. The Morgan fingerprint density at radius 2 is 1.86 bits per heavy atom. The van der Waals surface area contributed by atoms with Crippen LogP contribution < -0.4 is 0 Å². The van der Waals surface area contributed by atoms with Crippen LogP contribution in [0.3, 0.4) is 0 Å². The summed E-state index contributed by atoms with van der Waals surface area (Å²) in [6, 6.07) is 5.28. The summed E-state index contributed by atoms with van der Waals surface area (Å²) >= 11 is 9.26. The van der Waals surface area contributed by atoms with Gasteiger partial charge in [-0.15, -0.1) is 0 Å². The first-order valence-corrected chi connectivity index (χ1v) is 7.92. The molecule has 8 heteroatoms. The van der Waals surface area contributed by atoms with Gasteiger partial charge in [-0.05, 0) is 33.6 Å². The second-order valence-electron chi connectivity index (χ2n) is 5.20. The van der Waals surface area contributed by atoms with Crippen LogP contribution in [0, 0.1) is 0 Å². The lowest BCUT2D eigenvalue weighted by atomic mass is 10.1. The number of halogens is 5. The monoisotopic (exact) mass is 398 g/mol. The number of benzene rings is 1. The van der Waals surface area contributed by atoms with Gasteiger partial charge in [0.15, 0.2) is 0 Å². The van der Waals surface area contributed by atoms with E-state index in [1.807, 2.05) is 0 Å². The topological polar surface area (TPSA) is 23.6 Å². The van der Waals surface area contributed by atoms with Gasteiger partial charge < -0.3 is 4.90 Å². The zero-order chi connectivity index (χ0) is 16.3. The standard InChI is InChI=1S/C14H15BrClF3N2O/c15-11-2-1-10(7-12(11)16)8-13(22)21-5-3-20(4-6-21)9-14(17,18)19/h1-2,7H,3-6,8-9H2. The molecule has 22 heavy (non-hydrogen) atoms. The number of alkyl halides is 3. The van der Waals surface area contributed by atoms with Gasteiger partial charge in [-0.1, -0.05) is 17.7 Å². The van der Waals surface area contributed by atoms with Gasteiger partial charge in [-0.3, -0.25) is 9.69 Å². The van der Waals surface area contributed by atoms with Crippen molar-refractivity contribution in [3.8, 4) is 0 Å². The average molecular weight is 400 g/mol. The predicted molar refractivity (Wildman–Crippen MR) is 81.9 cm³/mol. The maximum atomic E-state index is 12.3. The maximum Gasteiger partial charge on any atom is 0.401 e. The Balaban J connectivity index is 1.86. The van der Waals surface area contributed by atoms with E-state index in [4.69, 9.17) is 11.6 Å². The highest BCUT2D eigenvalue weighted by Gasteiger charge is 2.32. The molecular weight excluding hydrogens is 385 g/mol. The number of piperazine rings is 1. The smallest absolute Gasteiger partial charge is 0.340 e. The first-order chi connectivity index (χ1) is 10.2. The van der Waals surface area contributed by atoms with Gasteiger partial charge in [0.1, 0.15) is 0 Å². The van der Waals surface area contributed by atoms with Gasteiger partial charge in [-0.25, -0.2) is 0 Å². The van der Waals surface area contributed by atoms with E-state index in [0.29, 0.717) is 18.1 Å². The van der Waals surface area contributed by atoms with Gasteiger partial charge in [-0.2, -0.15) is 13.2 Å². The summed E-state index contributed by atoms with van der Waals surface area (Å²) in [6.45, 7) is 0.203. The molecule has 0 radical (unpaired) electrons. The minimum Gasteiger partial charge on any atom is -0.340 e. The van der Waals surface area contributed by atoms with E-state index in [-0.39, 0.29) is 25.4 Å². The van der Waals surface area contributed by atoms with Crippen LogP contribution in [0.15, 0.2) is 22.7 Å².